The Morgan fingerprint density at radius 3 is 2.50 bits per heavy atom. The average Bonchev–Trinajstić information content (AvgIpc) is 2.45. The zero-order valence-corrected chi connectivity index (χ0v) is 14.1. The van der Waals surface area contributed by atoms with Gasteiger partial charge in [0.15, 0.2) is 0 Å². The summed E-state index contributed by atoms with van der Waals surface area (Å²) >= 11 is 11.7. The van der Waals surface area contributed by atoms with Gasteiger partial charge in [-0.1, -0.05) is 35.3 Å². The van der Waals surface area contributed by atoms with E-state index in [4.69, 9.17) is 23.2 Å². The third-order valence-electron chi connectivity index (χ3n) is 3.13. The second kappa shape index (κ2) is 6.96. The molecule has 2 aromatic rings. The molecule has 0 aliphatic rings. The zero-order chi connectivity index (χ0) is 16.3. The molecule has 0 fully saturated rings. The van der Waals surface area contributed by atoms with E-state index in [2.05, 4.69) is 4.72 Å². The van der Waals surface area contributed by atoms with Gasteiger partial charge in [-0.3, -0.25) is 0 Å². The SMILES string of the molecule is Cc1ccc(F)cc1S(=O)(=O)NCCc1ccc(Cl)c(Cl)c1. The second-order valence-corrected chi connectivity index (χ2v) is 7.36. The van der Waals surface area contributed by atoms with E-state index in [9.17, 15) is 12.8 Å². The Bertz CT molecular complexity index is 794. The molecule has 1 N–H and O–H groups in total. The van der Waals surface area contributed by atoms with Crippen LogP contribution in [0.4, 0.5) is 4.39 Å². The fourth-order valence-corrected chi connectivity index (χ4v) is 3.57. The zero-order valence-electron chi connectivity index (χ0n) is 11.7. The first kappa shape index (κ1) is 17.2. The molecule has 0 unspecified atom stereocenters. The first-order valence-electron chi connectivity index (χ1n) is 6.49. The molecule has 0 saturated heterocycles. The van der Waals surface area contributed by atoms with Crippen molar-refractivity contribution in [2.45, 2.75) is 18.2 Å². The molecule has 3 nitrogen and oxygen atoms in total. The van der Waals surface area contributed by atoms with Crippen LogP contribution in [0.15, 0.2) is 41.3 Å². The van der Waals surface area contributed by atoms with Gasteiger partial charge in [0, 0.05) is 6.54 Å². The molecule has 0 aliphatic heterocycles. The molecule has 0 amide bonds. The van der Waals surface area contributed by atoms with Crippen LogP contribution in [0.1, 0.15) is 11.1 Å². The molecular formula is C15H14Cl2FNO2S. The van der Waals surface area contributed by atoms with Crippen molar-refractivity contribution >= 4 is 33.2 Å². The fourth-order valence-electron chi connectivity index (χ4n) is 1.97. The van der Waals surface area contributed by atoms with Gasteiger partial charge < -0.3 is 0 Å². The lowest BCUT2D eigenvalue weighted by atomic mass is 10.1. The molecule has 7 heteroatoms. The van der Waals surface area contributed by atoms with Crippen molar-refractivity contribution in [1.29, 1.82) is 0 Å². The van der Waals surface area contributed by atoms with Crippen molar-refractivity contribution < 1.29 is 12.8 Å². The van der Waals surface area contributed by atoms with Crippen LogP contribution in [0.25, 0.3) is 0 Å². The molecule has 22 heavy (non-hydrogen) atoms. The van der Waals surface area contributed by atoms with Crippen molar-refractivity contribution in [3.8, 4) is 0 Å². The molecule has 0 saturated carbocycles. The average molecular weight is 362 g/mol. The molecule has 0 aromatic heterocycles. The molecule has 0 aliphatic carbocycles. The summed E-state index contributed by atoms with van der Waals surface area (Å²) in [6.45, 7) is 1.79. The summed E-state index contributed by atoms with van der Waals surface area (Å²) in [7, 11) is -3.75. The Balaban J connectivity index is 2.06. The third kappa shape index (κ3) is 4.20. The van der Waals surface area contributed by atoms with Gasteiger partial charge in [-0.15, -0.1) is 0 Å². The maximum Gasteiger partial charge on any atom is 0.240 e. The van der Waals surface area contributed by atoms with E-state index in [1.165, 1.54) is 12.1 Å². The Morgan fingerprint density at radius 2 is 1.82 bits per heavy atom. The number of sulfonamides is 1. The first-order valence-corrected chi connectivity index (χ1v) is 8.73. The Labute approximate surface area is 139 Å². The highest BCUT2D eigenvalue weighted by Gasteiger charge is 2.17. The Morgan fingerprint density at radius 1 is 1.09 bits per heavy atom. The van der Waals surface area contributed by atoms with Crippen LogP contribution in [0.3, 0.4) is 0 Å². The van der Waals surface area contributed by atoms with Crippen molar-refractivity contribution in [3.63, 3.8) is 0 Å². The number of benzene rings is 2. The summed E-state index contributed by atoms with van der Waals surface area (Å²) in [5, 5.41) is 0.865. The van der Waals surface area contributed by atoms with Gasteiger partial charge in [0.1, 0.15) is 5.82 Å². The quantitative estimate of drug-likeness (QED) is 0.875. The molecule has 0 spiro atoms. The summed E-state index contributed by atoms with van der Waals surface area (Å²) in [5.41, 5.74) is 1.34. The summed E-state index contributed by atoms with van der Waals surface area (Å²) in [5.74, 6) is -0.588. The number of aryl methyl sites for hydroxylation is 1. The first-order chi connectivity index (χ1) is 10.3. The maximum atomic E-state index is 13.2. The van der Waals surface area contributed by atoms with Gasteiger partial charge in [-0.2, -0.15) is 0 Å². The number of hydrogen-bond donors (Lipinski definition) is 1. The predicted molar refractivity (Wildman–Crippen MR) is 86.5 cm³/mol. The van der Waals surface area contributed by atoms with E-state index in [1.807, 2.05) is 0 Å². The normalized spacial score (nSPS) is 11.6. The topological polar surface area (TPSA) is 46.2 Å². The second-order valence-electron chi connectivity index (χ2n) is 4.81. The number of nitrogens with one attached hydrogen (secondary N) is 1. The van der Waals surface area contributed by atoms with Crippen molar-refractivity contribution in [1.82, 2.24) is 4.72 Å². The number of halogens is 3. The van der Waals surface area contributed by atoms with Crippen LogP contribution < -0.4 is 4.72 Å². The minimum absolute atomic E-state index is 0.0540. The van der Waals surface area contributed by atoms with Gasteiger partial charge in [-0.25, -0.2) is 17.5 Å². The third-order valence-corrected chi connectivity index (χ3v) is 5.47. The van der Waals surface area contributed by atoms with E-state index < -0.39 is 15.8 Å². The van der Waals surface area contributed by atoms with E-state index in [-0.39, 0.29) is 11.4 Å². The van der Waals surface area contributed by atoms with Crippen LogP contribution in [0, 0.1) is 12.7 Å². The van der Waals surface area contributed by atoms with Gasteiger partial charge in [0.05, 0.1) is 14.9 Å². The largest absolute Gasteiger partial charge is 0.240 e. The van der Waals surface area contributed by atoms with Crippen LogP contribution in [0.2, 0.25) is 10.0 Å². The van der Waals surface area contributed by atoms with Gasteiger partial charge >= 0.3 is 0 Å². The number of rotatable bonds is 5. The summed E-state index contributed by atoms with van der Waals surface area (Å²) in [4.78, 5) is -0.0540. The Kier molecular flexibility index (Phi) is 5.45. The molecule has 118 valence electrons. The Hall–Kier alpha value is -1.14. The van der Waals surface area contributed by atoms with Crippen LogP contribution in [-0.4, -0.2) is 15.0 Å². The van der Waals surface area contributed by atoms with Crippen molar-refractivity contribution in [3.05, 3.63) is 63.4 Å². The highest BCUT2D eigenvalue weighted by Crippen LogP contribution is 2.22. The summed E-state index contributed by atoms with van der Waals surface area (Å²) in [6, 6.07) is 8.79. The lowest BCUT2D eigenvalue weighted by Gasteiger charge is -2.10. The van der Waals surface area contributed by atoms with Crippen molar-refractivity contribution in [2.75, 3.05) is 6.54 Å². The van der Waals surface area contributed by atoms with Gasteiger partial charge in [-0.05, 0) is 48.7 Å². The minimum Gasteiger partial charge on any atom is -0.211 e. The van der Waals surface area contributed by atoms with Crippen LogP contribution in [-0.2, 0) is 16.4 Å². The molecule has 0 heterocycles. The molecular weight excluding hydrogens is 348 g/mol. The molecule has 2 aromatic carbocycles. The van der Waals surface area contributed by atoms with E-state index in [0.29, 0.717) is 22.0 Å². The molecule has 0 bridgehead atoms. The predicted octanol–water partition coefficient (Wildman–Crippen LogP) is 3.96. The van der Waals surface area contributed by atoms with Crippen LogP contribution in [0.5, 0.6) is 0 Å². The van der Waals surface area contributed by atoms with E-state index >= 15 is 0 Å². The molecule has 0 radical (unpaired) electrons. The van der Waals surface area contributed by atoms with Crippen molar-refractivity contribution in [2.24, 2.45) is 0 Å². The summed E-state index contributed by atoms with van der Waals surface area (Å²) < 4.78 is 40.1. The van der Waals surface area contributed by atoms with E-state index in [0.717, 1.165) is 11.6 Å². The fraction of sp³-hybridized carbons (Fsp3) is 0.200. The lowest BCUT2D eigenvalue weighted by Crippen LogP contribution is -2.26. The number of hydrogen-bond acceptors (Lipinski definition) is 2. The smallest absolute Gasteiger partial charge is 0.211 e. The highest BCUT2D eigenvalue weighted by atomic mass is 35.5. The lowest BCUT2D eigenvalue weighted by molar-refractivity contribution is 0.576. The maximum absolute atomic E-state index is 13.2. The standard InChI is InChI=1S/C15H14Cl2FNO2S/c1-10-2-4-12(18)9-15(10)22(20,21)19-7-6-11-3-5-13(16)14(17)8-11/h2-5,8-9,19H,6-7H2,1H3. The van der Waals surface area contributed by atoms with Crippen LogP contribution >= 0.6 is 23.2 Å². The monoisotopic (exact) mass is 361 g/mol. The van der Waals surface area contributed by atoms with Gasteiger partial charge in [0.2, 0.25) is 10.0 Å². The summed E-state index contributed by atoms with van der Waals surface area (Å²) in [6.07, 6.45) is 0.449. The minimum atomic E-state index is -3.75. The van der Waals surface area contributed by atoms with Gasteiger partial charge in [0.25, 0.3) is 0 Å². The molecule has 2 rings (SSSR count). The molecule has 0 atom stereocenters. The van der Waals surface area contributed by atoms with E-state index in [1.54, 1.807) is 25.1 Å². The highest BCUT2D eigenvalue weighted by molar-refractivity contribution is 7.89.